The van der Waals surface area contributed by atoms with Gasteiger partial charge in [0, 0.05) is 41.0 Å². The van der Waals surface area contributed by atoms with Crippen LogP contribution in [0.4, 0.5) is 18.9 Å². The zero-order valence-corrected chi connectivity index (χ0v) is 20.0. The van der Waals surface area contributed by atoms with E-state index >= 15 is 0 Å². The largest absolute Gasteiger partial charge is 0.416 e. The summed E-state index contributed by atoms with van der Waals surface area (Å²) in [5.74, 6) is -0.343. The van der Waals surface area contributed by atoms with Gasteiger partial charge in [-0.05, 0) is 78.9 Å². The number of nitrogens with zero attached hydrogens (tertiary/aromatic N) is 2. The molecule has 3 rings (SSSR count). The molecule has 0 aliphatic carbocycles. The molecule has 2 unspecified atom stereocenters. The number of anilines is 1. The first-order chi connectivity index (χ1) is 14.5. The molecule has 0 spiro atoms. The fourth-order valence-electron chi connectivity index (χ4n) is 3.98. The van der Waals surface area contributed by atoms with Crippen molar-refractivity contribution in [2.24, 2.45) is 0 Å². The first kappa shape index (κ1) is 24.0. The first-order valence-corrected chi connectivity index (χ1v) is 11.3. The van der Waals surface area contributed by atoms with Gasteiger partial charge in [0.05, 0.1) is 12.0 Å². The van der Waals surface area contributed by atoms with Gasteiger partial charge in [0.1, 0.15) is 0 Å². The Morgan fingerprint density at radius 1 is 1.13 bits per heavy atom. The Bertz CT molecular complexity index is 923. The van der Waals surface area contributed by atoms with E-state index in [1.165, 1.54) is 6.07 Å². The maximum absolute atomic E-state index is 13.8. The number of nitrogens with one attached hydrogen (secondary N) is 1. The van der Waals surface area contributed by atoms with Gasteiger partial charge in [-0.3, -0.25) is 14.6 Å². The monoisotopic (exact) mass is 545 g/mol. The molecule has 4 nitrogen and oxygen atoms in total. The van der Waals surface area contributed by atoms with Crippen LogP contribution in [0.15, 0.2) is 42.5 Å². The number of rotatable bonds is 5. The lowest BCUT2D eigenvalue weighted by atomic mass is 10.0. The van der Waals surface area contributed by atoms with E-state index in [2.05, 4.69) is 51.6 Å². The number of carbonyl (C=O) groups is 1. The molecule has 2 aromatic carbocycles. The summed E-state index contributed by atoms with van der Waals surface area (Å²) in [5, 5.41) is 2.61. The number of alkyl halides is 3. The lowest BCUT2D eigenvalue weighted by Gasteiger charge is -2.42. The number of carbonyl (C=O) groups excluding carboxylic acids is 1. The summed E-state index contributed by atoms with van der Waals surface area (Å²) in [4.78, 5) is 16.7. The van der Waals surface area contributed by atoms with Gasteiger partial charge in [0.15, 0.2) is 0 Å². The molecular formula is C23H27F3IN3O. The van der Waals surface area contributed by atoms with Crippen molar-refractivity contribution in [3.63, 3.8) is 0 Å². The third-order valence-electron chi connectivity index (χ3n) is 5.78. The van der Waals surface area contributed by atoms with Gasteiger partial charge < -0.3 is 5.32 Å². The summed E-state index contributed by atoms with van der Waals surface area (Å²) in [5.41, 5.74) is 0.507. The van der Waals surface area contributed by atoms with Crippen molar-refractivity contribution >= 4 is 34.2 Å². The summed E-state index contributed by atoms with van der Waals surface area (Å²) < 4.78 is 42.4. The van der Waals surface area contributed by atoms with Gasteiger partial charge in [0.2, 0.25) is 5.91 Å². The highest BCUT2D eigenvalue weighted by molar-refractivity contribution is 14.1. The van der Waals surface area contributed by atoms with E-state index in [4.69, 9.17) is 0 Å². The van der Waals surface area contributed by atoms with Crippen LogP contribution in [-0.2, 0) is 23.9 Å². The highest BCUT2D eigenvalue weighted by Crippen LogP contribution is 2.35. The Hall–Kier alpha value is -1.65. The summed E-state index contributed by atoms with van der Waals surface area (Å²) in [6.07, 6.45) is -4.38. The SMILES string of the molecule is CC1CN(Cc2ccc(NC(=O)Cc3cccc(I)c3)cc2C(F)(F)F)CC(C)N1C. The van der Waals surface area contributed by atoms with Crippen LogP contribution < -0.4 is 5.32 Å². The summed E-state index contributed by atoms with van der Waals surface area (Å²) in [7, 11) is 2.04. The third-order valence-corrected chi connectivity index (χ3v) is 6.45. The second-order valence-electron chi connectivity index (χ2n) is 8.28. The zero-order valence-electron chi connectivity index (χ0n) is 17.8. The molecule has 1 aliphatic heterocycles. The lowest BCUT2D eigenvalue weighted by molar-refractivity contribution is -0.138. The average Bonchev–Trinajstić information content (AvgIpc) is 2.66. The molecule has 1 aliphatic rings. The Kier molecular flexibility index (Phi) is 7.64. The molecule has 0 aromatic heterocycles. The minimum Gasteiger partial charge on any atom is -0.326 e. The molecule has 1 amide bonds. The van der Waals surface area contributed by atoms with Crippen LogP contribution in [0.5, 0.6) is 0 Å². The zero-order chi connectivity index (χ0) is 22.8. The number of benzene rings is 2. The van der Waals surface area contributed by atoms with Crippen molar-refractivity contribution in [3.8, 4) is 0 Å². The van der Waals surface area contributed by atoms with Gasteiger partial charge in [-0.15, -0.1) is 0 Å². The summed E-state index contributed by atoms with van der Waals surface area (Å²) in [6.45, 7) is 5.83. The number of piperazine rings is 1. The number of hydrogen-bond donors (Lipinski definition) is 1. The minimum absolute atomic E-state index is 0.108. The van der Waals surface area contributed by atoms with Crippen molar-refractivity contribution in [2.45, 2.75) is 45.1 Å². The molecule has 168 valence electrons. The molecule has 2 atom stereocenters. The molecule has 0 bridgehead atoms. The van der Waals surface area contributed by atoms with Gasteiger partial charge in [0.25, 0.3) is 0 Å². The highest BCUT2D eigenvalue weighted by Gasteiger charge is 2.35. The molecular weight excluding hydrogens is 518 g/mol. The molecule has 1 N–H and O–H groups in total. The maximum atomic E-state index is 13.8. The van der Waals surface area contributed by atoms with Gasteiger partial charge >= 0.3 is 6.18 Å². The Morgan fingerprint density at radius 2 is 1.81 bits per heavy atom. The minimum atomic E-state index is -4.49. The number of halogens is 4. The van der Waals surface area contributed by atoms with Crippen molar-refractivity contribution in [1.82, 2.24) is 9.80 Å². The second kappa shape index (κ2) is 9.87. The van der Waals surface area contributed by atoms with Crippen LogP contribution in [0, 0.1) is 3.57 Å². The van der Waals surface area contributed by atoms with Crippen molar-refractivity contribution in [3.05, 3.63) is 62.7 Å². The fourth-order valence-corrected chi connectivity index (χ4v) is 4.58. The predicted molar refractivity (Wildman–Crippen MR) is 125 cm³/mol. The summed E-state index contributed by atoms with van der Waals surface area (Å²) >= 11 is 2.16. The molecule has 31 heavy (non-hydrogen) atoms. The Balaban J connectivity index is 1.75. The molecule has 1 saturated heterocycles. The van der Waals surface area contributed by atoms with E-state index in [0.29, 0.717) is 13.1 Å². The molecule has 2 aromatic rings. The third kappa shape index (κ3) is 6.43. The quantitative estimate of drug-likeness (QED) is 0.537. The molecule has 0 saturated carbocycles. The second-order valence-corrected chi connectivity index (χ2v) is 9.53. The standard InChI is InChI=1S/C23H27F3IN3O/c1-15-12-30(13-16(2)29(15)3)14-18-7-8-20(11-21(18)23(24,25)26)28-22(31)10-17-5-4-6-19(27)9-17/h4-9,11,15-16H,10,12-14H2,1-3H3,(H,28,31). The maximum Gasteiger partial charge on any atom is 0.416 e. The highest BCUT2D eigenvalue weighted by atomic mass is 127. The number of amides is 1. The summed E-state index contributed by atoms with van der Waals surface area (Å²) in [6, 6.07) is 12.1. The van der Waals surface area contributed by atoms with Gasteiger partial charge in [-0.1, -0.05) is 18.2 Å². The van der Waals surface area contributed by atoms with E-state index in [0.717, 1.165) is 15.2 Å². The number of likely N-dealkylation sites (N-methyl/N-ethyl adjacent to an activating group) is 1. The number of hydrogen-bond acceptors (Lipinski definition) is 3. The molecule has 8 heteroatoms. The van der Waals surface area contributed by atoms with Crippen LogP contribution in [0.25, 0.3) is 0 Å². The Morgan fingerprint density at radius 3 is 2.42 bits per heavy atom. The first-order valence-electron chi connectivity index (χ1n) is 10.2. The Labute approximate surface area is 194 Å². The van der Waals surface area contributed by atoms with Crippen molar-refractivity contribution in [2.75, 3.05) is 25.5 Å². The van der Waals surface area contributed by atoms with Crippen LogP contribution >= 0.6 is 22.6 Å². The smallest absolute Gasteiger partial charge is 0.326 e. The van der Waals surface area contributed by atoms with E-state index in [9.17, 15) is 18.0 Å². The van der Waals surface area contributed by atoms with Crippen LogP contribution in [0.1, 0.15) is 30.5 Å². The van der Waals surface area contributed by atoms with Crippen molar-refractivity contribution < 1.29 is 18.0 Å². The molecule has 1 fully saturated rings. The fraction of sp³-hybridized carbons (Fsp3) is 0.435. The van der Waals surface area contributed by atoms with Crippen LogP contribution in [0.3, 0.4) is 0 Å². The lowest BCUT2D eigenvalue weighted by Crippen LogP contribution is -2.54. The normalized spacial score (nSPS) is 20.6. The van der Waals surface area contributed by atoms with Gasteiger partial charge in [-0.25, -0.2) is 0 Å². The van der Waals surface area contributed by atoms with Crippen molar-refractivity contribution in [1.29, 1.82) is 0 Å². The van der Waals surface area contributed by atoms with E-state index in [1.807, 2.05) is 31.3 Å². The van der Waals surface area contributed by atoms with Crippen LogP contribution in [-0.4, -0.2) is 47.9 Å². The van der Waals surface area contributed by atoms with Gasteiger partial charge in [-0.2, -0.15) is 13.2 Å². The molecule has 1 heterocycles. The van der Waals surface area contributed by atoms with Crippen LogP contribution in [0.2, 0.25) is 0 Å². The van der Waals surface area contributed by atoms with E-state index in [1.54, 1.807) is 6.07 Å². The predicted octanol–water partition coefficient (Wildman–Crippen LogP) is 5.02. The van der Waals surface area contributed by atoms with E-state index in [-0.39, 0.29) is 42.2 Å². The van der Waals surface area contributed by atoms with E-state index < -0.39 is 11.7 Å². The topological polar surface area (TPSA) is 35.6 Å². The average molecular weight is 545 g/mol. The molecule has 0 radical (unpaired) electrons.